The Morgan fingerprint density at radius 3 is 2.23 bits per heavy atom. The summed E-state index contributed by atoms with van der Waals surface area (Å²) in [6.45, 7) is 4.33. The Morgan fingerprint density at radius 2 is 1.62 bits per heavy atom. The molecule has 2 aromatic rings. The first-order chi connectivity index (χ1) is 12.4. The van der Waals surface area contributed by atoms with E-state index in [0.717, 1.165) is 15.6 Å². The van der Waals surface area contributed by atoms with Crippen LogP contribution in [0.1, 0.15) is 21.5 Å². The highest BCUT2D eigenvalue weighted by Crippen LogP contribution is 2.25. The van der Waals surface area contributed by atoms with Crippen molar-refractivity contribution in [1.82, 2.24) is 10.6 Å². The van der Waals surface area contributed by atoms with Crippen LogP contribution >= 0.6 is 27.5 Å². The van der Waals surface area contributed by atoms with E-state index in [1.807, 2.05) is 13.8 Å². The fourth-order valence-electron chi connectivity index (χ4n) is 2.27. The number of hydrogen-bond acceptors (Lipinski definition) is 3. The first-order valence-electron chi connectivity index (χ1n) is 8.07. The van der Waals surface area contributed by atoms with Gasteiger partial charge in [0.25, 0.3) is 11.8 Å². The van der Waals surface area contributed by atoms with Crippen molar-refractivity contribution in [3.63, 3.8) is 0 Å². The highest BCUT2D eigenvalue weighted by Gasteiger charge is 2.07. The maximum absolute atomic E-state index is 11.9. The maximum Gasteiger partial charge on any atom is 0.258 e. The molecule has 0 radical (unpaired) electrons. The number of hydrogen-bond donors (Lipinski definition) is 2. The lowest BCUT2D eigenvalue weighted by molar-refractivity contribution is -0.123. The second-order valence-corrected chi connectivity index (χ2v) is 7.07. The molecule has 5 nitrogen and oxygen atoms in total. The molecule has 0 saturated heterocycles. The SMILES string of the molecule is Cc1cc(OCC(=O)NCCNC(=O)c2ccc(Br)cc2)cc(C)c1Cl. The summed E-state index contributed by atoms with van der Waals surface area (Å²) in [5, 5.41) is 6.14. The van der Waals surface area contributed by atoms with Crippen LogP contribution in [-0.2, 0) is 4.79 Å². The Balaban J connectivity index is 1.69. The fraction of sp³-hybridized carbons (Fsp3) is 0.263. The fourth-order valence-corrected chi connectivity index (χ4v) is 2.64. The van der Waals surface area contributed by atoms with Gasteiger partial charge in [0.1, 0.15) is 5.75 Å². The van der Waals surface area contributed by atoms with Crippen molar-refractivity contribution >= 4 is 39.3 Å². The summed E-state index contributed by atoms with van der Waals surface area (Å²) in [5.74, 6) is 0.159. The smallest absolute Gasteiger partial charge is 0.258 e. The third kappa shape index (κ3) is 6.04. The zero-order valence-electron chi connectivity index (χ0n) is 14.6. The monoisotopic (exact) mass is 438 g/mol. The van der Waals surface area contributed by atoms with E-state index >= 15 is 0 Å². The summed E-state index contributed by atoms with van der Waals surface area (Å²) in [5.41, 5.74) is 2.37. The average molecular weight is 440 g/mol. The summed E-state index contributed by atoms with van der Waals surface area (Å²) in [6.07, 6.45) is 0. The van der Waals surface area contributed by atoms with Crippen LogP contribution in [0.4, 0.5) is 0 Å². The van der Waals surface area contributed by atoms with Gasteiger partial charge in [0, 0.05) is 28.1 Å². The average Bonchev–Trinajstić information content (AvgIpc) is 2.61. The van der Waals surface area contributed by atoms with Crippen molar-refractivity contribution in [2.75, 3.05) is 19.7 Å². The molecule has 0 atom stereocenters. The van der Waals surface area contributed by atoms with E-state index in [0.29, 0.717) is 29.4 Å². The van der Waals surface area contributed by atoms with Gasteiger partial charge in [0.05, 0.1) is 0 Å². The van der Waals surface area contributed by atoms with Crippen molar-refractivity contribution in [1.29, 1.82) is 0 Å². The molecular formula is C19H20BrClN2O3. The molecule has 0 saturated carbocycles. The molecule has 26 heavy (non-hydrogen) atoms. The minimum Gasteiger partial charge on any atom is -0.484 e. The molecule has 0 heterocycles. The van der Waals surface area contributed by atoms with Gasteiger partial charge in [-0.25, -0.2) is 0 Å². The van der Waals surface area contributed by atoms with Crippen molar-refractivity contribution in [2.45, 2.75) is 13.8 Å². The number of benzene rings is 2. The molecule has 138 valence electrons. The topological polar surface area (TPSA) is 67.4 Å². The molecule has 0 fully saturated rings. The summed E-state index contributed by atoms with van der Waals surface area (Å²) < 4.78 is 6.39. The lowest BCUT2D eigenvalue weighted by Crippen LogP contribution is -2.36. The number of carbonyl (C=O) groups is 2. The summed E-state index contributed by atoms with van der Waals surface area (Å²) in [6, 6.07) is 10.6. The van der Waals surface area contributed by atoms with Gasteiger partial charge in [-0.1, -0.05) is 27.5 Å². The molecule has 0 aliphatic rings. The van der Waals surface area contributed by atoms with Gasteiger partial charge in [-0.3, -0.25) is 9.59 Å². The summed E-state index contributed by atoms with van der Waals surface area (Å²) in [7, 11) is 0. The third-order valence-corrected chi connectivity index (χ3v) is 4.74. The molecule has 2 aromatic carbocycles. The molecule has 7 heteroatoms. The highest BCUT2D eigenvalue weighted by molar-refractivity contribution is 9.10. The second-order valence-electron chi connectivity index (χ2n) is 5.77. The molecule has 0 bridgehead atoms. The Bertz CT molecular complexity index is 771. The number of aryl methyl sites for hydroxylation is 2. The van der Waals surface area contributed by atoms with E-state index in [1.54, 1.807) is 36.4 Å². The number of ether oxygens (including phenoxy) is 1. The zero-order chi connectivity index (χ0) is 19.1. The molecule has 0 aliphatic heterocycles. The first-order valence-corrected chi connectivity index (χ1v) is 9.24. The van der Waals surface area contributed by atoms with E-state index in [-0.39, 0.29) is 18.4 Å². The number of carbonyl (C=O) groups excluding carboxylic acids is 2. The largest absolute Gasteiger partial charge is 0.484 e. The first kappa shape index (κ1) is 20.3. The Hall–Kier alpha value is -2.05. The zero-order valence-corrected chi connectivity index (χ0v) is 16.9. The second kappa shape index (κ2) is 9.59. The number of nitrogens with one attached hydrogen (secondary N) is 2. The van der Waals surface area contributed by atoms with Gasteiger partial charge < -0.3 is 15.4 Å². The molecule has 0 aromatic heterocycles. The molecule has 2 rings (SSSR count). The summed E-state index contributed by atoms with van der Waals surface area (Å²) >= 11 is 9.42. The van der Waals surface area contributed by atoms with Crippen LogP contribution in [0.5, 0.6) is 5.75 Å². The summed E-state index contributed by atoms with van der Waals surface area (Å²) in [4.78, 5) is 23.8. The van der Waals surface area contributed by atoms with Gasteiger partial charge >= 0.3 is 0 Å². The Labute approximate surface area is 166 Å². The van der Waals surface area contributed by atoms with Gasteiger partial charge in [0.15, 0.2) is 6.61 Å². The Morgan fingerprint density at radius 1 is 1.04 bits per heavy atom. The van der Waals surface area contributed by atoms with E-state index in [9.17, 15) is 9.59 Å². The van der Waals surface area contributed by atoms with E-state index in [4.69, 9.17) is 16.3 Å². The van der Waals surface area contributed by atoms with Crippen LogP contribution < -0.4 is 15.4 Å². The van der Waals surface area contributed by atoms with Crippen LogP contribution in [0.3, 0.4) is 0 Å². The van der Waals surface area contributed by atoms with E-state index in [1.165, 1.54) is 0 Å². The number of rotatable bonds is 7. The lowest BCUT2D eigenvalue weighted by Gasteiger charge is -2.11. The minimum absolute atomic E-state index is 0.0961. The van der Waals surface area contributed by atoms with E-state index in [2.05, 4.69) is 26.6 Å². The van der Waals surface area contributed by atoms with E-state index < -0.39 is 0 Å². The van der Waals surface area contributed by atoms with Crippen LogP contribution in [0, 0.1) is 13.8 Å². The van der Waals surface area contributed by atoms with Crippen LogP contribution in [0.15, 0.2) is 40.9 Å². The standard InChI is InChI=1S/C19H20BrClN2O3/c1-12-9-16(10-13(2)18(12)21)26-11-17(24)22-7-8-23-19(25)14-3-5-15(20)6-4-14/h3-6,9-10H,7-8,11H2,1-2H3,(H,22,24)(H,23,25). The van der Waals surface area contributed by atoms with Gasteiger partial charge in [-0.05, 0) is 61.4 Å². The van der Waals surface area contributed by atoms with Gasteiger partial charge in [0.2, 0.25) is 0 Å². The minimum atomic E-state index is -0.256. The normalized spacial score (nSPS) is 10.3. The van der Waals surface area contributed by atoms with Crippen LogP contribution in [0.2, 0.25) is 5.02 Å². The number of amides is 2. The third-order valence-electron chi connectivity index (χ3n) is 3.62. The highest BCUT2D eigenvalue weighted by atomic mass is 79.9. The predicted octanol–water partition coefficient (Wildman–Crippen LogP) is 3.64. The quantitative estimate of drug-likeness (QED) is 0.647. The lowest BCUT2D eigenvalue weighted by atomic mass is 10.1. The van der Waals surface area contributed by atoms with Crippen molar-refractivity contribution < 1.29 is 14.3 Å². The maximum atomic E-state index is 11.9. The molecule has 0 unspecified atom stereocenters. The van der Waals surface area contributed by atoms with Crippen molar-refractivity contribution in [3.05, 3.63) is 62.6 Å². The number of halogens is 2. The van der Waals surface area contributed by atoms with Crippen molar-refractivity contribution in [2.24, 2.45) is 0 Å². The van der Waals surface area contributed by atoms with Crippen LogP contribution in [-0.4, -0.2) is 31.5 Å². The molecule has 0 spiro atoms. The predicted molar refractivity (Wildman–Crippen MR) is 106 cm³/mol. The Kier molecular flexibility index (Phi) is 7.48. The van der Waals surface area contributed by atoms with Gasteiger partial charge in [-0.15, -0.1) is 0 Å². The molecule has 2 amide bonds. The molecule has 2 N–H and O–H groups in total. The molecular weight excluding hydrogens is 420 g/mol. The van der Waals surface area contributed by atoms with Gasteiger partial charge in [-0.2, -0.15) is 0 Å². The van der Waals surface area contributed by atoms with Crippen molar-refractivity contribution in [3.8, 4) is 5.75 Å². The molecule has 0 aliphatic carbocycles. The van der Waals surface area contributed by atoms with Crippen LogP contribution in [0.25, 0.3) is 0 Å².